The number of aromatic nitrogens is 1. The van der Waals surface area contributed by atoms with Crippen molar-refractivity contribution in [2.45, 2.75) is 18.6 Å². The van der Waals surface area contributed by atoms with E-state index >= 15 is 0 Å². The first-order valence-corrected chi connectivity index (χ1v) is 5.03. The monoisotopic (exact) mass is 209 g/mol. The van der Waals surface area contributed by atoms with E-state index in [1.54, 1.807) is 6.07 Å². The molecule has 2 atom stereocenters. The zero-order valence-corrected chi connectivity index (χ0v) is 8.19. The van der Waals surface area contributed by atoms with Gasteiger partial charge in [-0.05, 0) is 6.42 Å². The average Bonchev–Trinajstić information content (AvgIpc) is 2.83. The number of nitrogens with zero attached hydrogens (tertiary/aromatic N) is 2. The van der Waals surface area contributed by atoms with Crippen molar-refractivity contribution in [3.63, 3.8) is 0 Å². The van der Waals surface area contributed by atoms with Crippen LogP contribution in [0, 0.1) is 5.82 Å². The molecule has 2 aliphatic rings. The van der Waals surface area contributed by atoms with E-state index in [0.29, 0.717) is 12.1 Å². The van der Waals surface area contributed by atoms with Gasteiger partial charge in [0.15, 0.2) is 5.82 Å². The summed E-state index contributed by atoms with van der Waals surface area (Å²) in [4.78, 5) is 6.20. The van der Waals surface area contributed by atoms with Crippen molar-refractivity contribution >= 4 is 11.5 Å². The highest BCUT2D eigenvalue weighted by molar-refractivity contribution is 5.52. The molecule has 0 radical (unpaired) electrons. The summed E-state index contributed by atoms with van der Waals surface area (Å²) in [5, 5.41) is 0. The number of morpholine rings is 1. The van der Waals surface area contributed by atoms with Crippen LogP contribution in [0.1, 0.15) is 6.42 Å². The van der Waals surface area contributed by atoms with E-state index in [9.17, 15) is 4.39 Å². The van der Waals surface area contributed by atoms with Crippen molar-refractivity contribution in [2.75, 3.05) is 23.8 Å². The Kier molecular flexibility index (Phi) is 1.82. The molecular weight excluding hydrogens is 197 g/mol. The standard InChI is InChI=1S/C10H12FN3O/c11-8-3-13-10(2-9(8)12)14-4-7-1-6(14)5-15-7/h2-3,6-7H,1,4-5H2,(H2,12,13). The van der Waals surface area contributed by atoms with E-state index in [1.807, 2.05) is 0 Å². The number of anilines is 2. The molecular formula is C10H12FN3O. The summed E-state index contributed by atoms with van der Waals surface area (Å²) >= 11 is 0. The van der Waals surface area contributed by atoms with Crippen molar-refractivity contribution in [1.29, 1.82) is 0 Å². The molecule has 2 unspecified atom stereocenters. The van der Waals surface area contributed by atoms with Crippen LogP contribution < -0.4 is 10.6 Å². The highest BCUT2D eigenvalue weighted by Gasteiger charge is 2.39. The van der Waals surface area contributed by atoms with Crippen molar-refractivity contribution in [2.24, 2.45) is 0 Å². The highest BCUT2D eigenvalue weighted by Crippen LogP contribution is 2.32. The maximum Gasteiger partial charge on any atom is 0.164 e. The van der Waals surface area contributed by atoms with Crippen LogP contribution in [0.25, 0.3) is 0 Å². The molecule has 3 rings (SSSR count). The van der Waals surface area contributed by atoms with Crippen molar-refractivity contribution in [1.82, 2.24) is 4.98 Å². The molecule has 2 N–H and O–H groups in total. The number of pyridine rings is 1. The predicted octanol–water partition coefficient (Wildman–Crippen LogP) is 0.780. The third kappa shape index (κ3) is 1.34. The van der Waals surface area contributed by atoms with Gasteiger partial charge in [0, 0.05) is 12.6 Å². The summed E-state index contributed by atoms with van der Waals surface area (Å²) in [7, 11) is 0. The van der Waals surface area contributed by atoms with E-state index in [-0.39, 0.29) is 5.69 Å². The largest absolute Gasteiger partial charge is 0.396 e. The van der Waals surface area contributed by atoms with Crippen LogP contribution in [0.15, 0.2) is 12.3 Å². The van der Waals surface area contributed by atoms with Gasteiger partial charge in [0.1, 0.15) is 5.82 Å². The number of nitrogen functional groups attached to an aromatic ring is 1. The lowest BCUT2D eigenvalue weighted by Crippen LogP contribution is -2.37. The number of halogens is 1. The molecule has 2 bridgehead atoms. The number of rotatable bonds is 1. The van der Waals surface area contributed by atoms with Crippen LogP contribution in [0.2, 0.25) is 0 Å². The minimum Gasteiger partial charge on any atom is -0.396 e. The topological polar surface area (TPSA) is 51.4 Å². The van der Waals surface area contributed by atoms with Crippen molar-refractivity contribution < 1.29 is 9.13 Å². The van der Waals surface area contributed by atoms with Crippen LogP contribution in [0.3, 0.4) is 0 Å². The van der Waals surface area contributed by atoms with Gasteiger partial charge in [-0.25, -0.2) is 9.37 Å². The number of hydrogen-bond donors (Lipinski definition) is 1. The summed E-state index contributed by atoms with van der Waals surface area (Å²) in [5.41, 5.74) is 5.67. The van der Waals surface area contributed by atoms with Gasteiger partial charge in [-0.15, -0.1) is 0 Å². The lowest BCUT2D eigenvalue weighted by atomic mass is 10.2. The molecule has 0 aliphatic carbocycles. The maximum absolute atomic E-state index is 12.9. The fourth-order valence-electron chi connectivity index (χ4n) is 2.28. The molecule has 2 aliphatic heterocycles. The molecule has 0 saturated carbocycles. The first-order valence-electron chi connectivity index (χ1n) is 5.03. The Morgan fingerprint density at radius 2 is 2.47 bits per heavy atom. The number of fused-ring (bicyclic) bond motifs is 2. The van der Waals surface area contributed by atoms with Crippen molar-refractivity contribution in [3.05, 3.63) is 18.1 Å². The number of nitrogens with two attached hydrogens (primary N) is 1. The van der Waals surface area contributed by atoms with E-state index in [4.69, 9.17) is 10.5 Å². The Morgan fingerprint density at radius 3 is 3.07 bits per heavy atom. The molecule has 4 nitrogen and oxygen atoms in total. The molecule has 1 aromatic rings. The van der Waals surface area contributed by atoms with Gasteiger partial charge in [-0.2, -0.15) is 0 Å². The second-order valence-corrected chi connectivity index (χ2v) is 4.06. The molecule has 3 heterocycles. The Hall–Kier alpha value is -1.36. The molecule has 0 amide bonds. The molecule has 2 fully saturated rings. The minimum atomic E-state index is -0.459. The van der Waals surface area contributed by atoms with Gasteiger partial charge < -0.3 is 15.4 Å². The van der Waals surface area contributed by atoms with Crippen molar-refractivity contribution in [3.8, 4) is 0 Å². The smallest absolute Gasteiger partial charge is 0.164 e. The Labute approximate surface area is 86.8 Å². The fraction of sp³-hybridized carbons (Fsp3) is 0.500. The number of ether oxygens (including phenoxy) is 1. The van der Waals surface area contributed by atoms with Crippen LogP contribution in [0.4, 0.5) is 15.9 Å². The molecule has 15 heavy (non-hydrogen) atoms. The summed E-state index contributed by atoms with van der Waals surface area (Å²) in [5.74, 6) is 0.295. The summed E-state index contributed by atoms with van der Waals surface area (Å²) in [6.45, 7) is 1.58. The van der Waals surface area contributed by atoms with Gasteiger partial charge in [-0.3, -0.25) is 0 Å². The molecule has 80 valence electrons. The van der Waals surface area contributed by atoms with E-state index in [2.05, 4.69) is 9.88 Å². The van der Waals surface area contributed by atoms with Crippen LogP contribution in [0.5, 0.6) is 0 Å². The molecule has 1 aromatic heterocycles. The quantitative estimate of drug-likeness (QED) is 0.742. The lowest BCUT2D eigenvalue weighted by molar-refractivity contribution is 0.0989. The summed E-state index contributed by atoms with van der Waals surface area (Å²) < 4.78 is 18.4. The first kappa shape index (κ1) is 8.91. The van der Waals surface area contributed by atoms with Gasteiger partial charge in [0.05, 0.1) is 30.6 Å². The Balaban J connectivity index is 1.90. The van der Waals surface area contributed by atoms with Crippen LogP contribution in [-0.4, -0.2) is 30.3 Å². The van der Waals surface area contributed by atoms with E-state index < -0.39 is 5.82 Å². The first-order chi connectivity index (χ1) is 7.24. The third-order valence-corrected chi connectivity index (χ3v) is 3.07. The predicted molar refractivity (Wildman–Crippen MR) is 54.1 cm³/mol. The zero-order valence-electron chi connectivity index (χ0n) is 8.19. The Morgan fingerprint density at radius 1 is 1.60 bits per heavy atom. The minimum absolute atomic E-state index is 0.156. The van der Waals surface area contributed by atoms with Crippen LogP contribution >= 0.6 is 0 Å². The maximum atomic E-state index is 12.9. The number of hydrogen-bond acceptors (Lipinski definition) is 4. The SMILES string of the molecule is Nc1cc(N2CC3CC2CO3)ncc1F. The molecule has 0 spiro atoms. The molecule has 5 heteroatoms. The molecule has 2 saturated heterocycles. The van der Waals surface area contributed by atoms with E-state index in [1.165, 1.54) is 6.20 Å². The van der Waals surface area contributed by atoms with Gasteiger partial charge >= 0.3 is 0 Å². The second-order valence-electron chi connectivity index (χ2n) is 4.06. The van der Waals surface area contributed by atoms with Gasteiger partial charge in [0.2, 0.25) is 0 Å². The molecule has 0 aromatic carbocycles. The summed E-state index contributed by atoms with van der Waals surface area (Å²) in [6, 6.07) is 1.98. The fourth-order valence-corrected chi connectivity index (χ4v) is 2.28. The highest BCUT2D eigenvalue weighted by atomic mass is 19.1. The van der Waals surface area contributed by atoms with Crippen LogP contribution in [-0.2, 0) is 4.74 Å². The lowest BCUT2D eigenvalue weighted by Gasteiger charge is -2.27. The Bertz CT molecular complexity index is 398. The zero-order chi connectivity index (χ0) is 10.4. The normalized spacial score (nSPS) is 28.7. The summed E-state index contributed by atoms with van der Waals surface area (Å²) in [6.07, 6.45) is 2.53. The second kappa shape index (κ2) is 3.06. The van der Waals surface area contributed by atoms with Gasteiger partial charge in [-0.1, -0.05) is 0 Å². The third-order valence-electron chi connectivity index (χ3n) is 3.07. The van der Waals surface area contributed by atoms with E-state index in [0.717, 1.165) is 25.4 Å². The van der Waals surface area contributed by atoms with Gasteiger partial charge in [0.25, 0.3) is 0 Å². The average molecular weight is 209 g/mol.